The highest BCUT2D eigenvalue weighted by molar-refractivity contribution is 9.10. The van der Waals surface area contributed by atoms with E-state index in [2.05, 4.69) is 26.1 Å². The number of halogens is 1. The van der Waals surface area contributed by atoms with Gasteiger partial charge >= 0.3 is 0 Å². The molecule has 2 aromatic rings. The third-order valence-corrected chi connectivity index (χ3v) is 6.28. The lowest BCUT2D eigenvalue weighted by molar-refractivity contribution is -0.121. The minimum Gasteiger partial charge on any atom is -0.378 e. The van der Waals surface area contributed by atoms with E-state index in [1.54, 1.807) is 0 Å². The Balaban J connectivity index is 1.28. The summed E-state index contributed by atoms with van der Waals surface area (Å²) in [6.07, 6.45) is 1.36. The number of carbonyl (C=O) groups is 2. The predicted octanol–water partition coefficient (Wildman–Crippen LogP) is 3.78. The van der Waals surface area contributed by atoms with E-state index in [0.29, 0.717) is 31.5 Å². The van der Waals surface area contributed by atoms with Crippen LogP contribution in [-0.2, 0) is 9.53 Å². The number of hydrogen-bond acceptors (Lipinski definition) is 4. The minimum atomic E-state index is -0.0714. The van der Waals surface area contributed by atoms with Gasteiger partial charge in [-0.05, 0) is 61.4 Å². The number of likely N-dealkylation sites (tertiary alicyclic amines) is 1. The molecule has 0 bridgehead atoms. The summed E-state index contributed by atoms with van der Waals surface area (Å²) in [4.78, 5) is 29.5. The maximum atomic E-state index is 12.7. The number of carbonyl (C=O) groups excluding carboxylic acids is 2. The van der Waals surface area contributed by atoms with Gasteiger partial charge in [-0.1, -0.05) is 15.9 Å². The van der Waals surface area contributed by atoms with Gasteiger partial charge in [-0.2, -0.15) is 0 Å². The Morgan fingerprint density at radius 1 is 0.900 bits per heavy atom. The normalized spacial score (nSPS) is 17.6. The first-order valence-electron chi connectivity index (χ1n) is 10.4. The van der Waals surface area contributed by atoms with Crippen LogP contribution < -0.4 is 10.2 Å². The van der Waals surface area contributed by atoms with Crippen LogP contribution in [0.4, 0.5) is 11.4 Å². The molecule has 0 radical (unpaired) electrons. The van der Waals surface area contributed by atoms with Crippen molar-refractivity contribution in [1.29, 1.82) is 0 Å². The summed E-state index contributed by atoms with van der Waals surface area (Å²) < 4.78 is 6.34. The molecule has 0 spiro atoms. The van der Waals surface area contributed by atoms with Gasteiger partial charge in [-0.15, -0.1) is 0 Å². The summed E-state index contributed by atoms with van der Waals surface area (Å²) in [5.41, 5.74) is 2.64. The zero-order valence-corrected chi connectivity index (χ0v) is 18.4. The van der Waals surface area contributed by atoms with E-state index in [0.717, 1.165) is 42.2 Å². The van der Waals surface area contributed by atoms with Gasteiger partial charge in [0.2, 0.25) is 5.91 Å². The zero-order valence-electron chi connectivity index (χ0n) is 16.9. The molecule has 0 saturated carbocycles. The van der Waals surface area contributed by atoms with Crippen LogP contribution in [0.2, 0.25) is 0 Å². The van der Waals surface area contributed by atoms with Gasteiger partial charge in [0.1, 0.15) is 0 Å². The van der Waals surface area contributed by atoms with Crippen LogP contribution >= 0.6 is 15.9 Å². The fourth-order valence-electron chi connectivity index (χ4n) is 3.94. The van der Waals surface area contributed by atoms with Gasteiger partial charge in [0.15, 0.2) is 0 Å². The molecule has 2 amide bonds. The van der Waals surface area contributed by atoms with Gasteiger partial charge < -0.3 is 19.9 Å². The van der Waals surface area contributed by atoms with E-state index in [1.165, 1.54) is 0 Å². The Labute approximate surface area is 185 Å². The van der Waals surface area contributed by atoms with Crippen molar-refractivity contribution in [1.82, 2.24) is 4.90 Å². The topological polar surface area (TPSA) is 61.9 Å². The Morgan fingerprint density at radius 2 is 1.53 bits per heavy atom. The SMILES string of the molecule is O=C(Nc1ccc(N2CCOCC2)cc1)C1CCN(C(=O)c2ccc(Br)cc2)CC1. The van der Waals surface area contributed by atoms with Gasteiger partial charge in [0, 0.05) is 53.5 Å². The van der Waals surface area contributed by atoms with Crippen LogP contribution in [0.15, 0.2) is 53.0 Å². The first-order chi connectivity index (χ1) is 14.6. The number of ether oxygens (including phenoxy) is 1. The van der Waals surface area contributed by atoms with E-state index >= 15 is 0 Å². The standard InChI is InChI=1S/C23H26BrN3O3/c24-19-3-1-18(2-4-19)23(29)27-11-9-17(10-12-27)22(28)25-20-5-7-21(8-6-20)26-13-15-30-16-14-26/h1-8,17H,9-16H2,(H,25,28). The van der Waals surface area contributed by atoms with Gasteiger partial charge in [-0.3, -0.25) is 9.59 Å². The van der Waals surface area contributed by atoms with E-state index in [1.807, 2.05) is 53.4 Å². The molecule has 158 valence electrons. The van der Waals surface area contributed by atoms with Gasteiger partial charge in [0.25, 0.3) is 5.91 Å². The lowest BCUT2D eigenvalue weighted by Crippen LogP contribution is -2.41. The van der Waals surface area contributed by atoms with E-state index in [4.69, 9.17) is 4.74 Å². The molecule has 2 aromatic carbocycles. The number of piperidine rings is 1. The molecule has 0 atom stereocenters. The minimum absolute atomic E-state index is 0.0278. The Hall–Kier alpha value is -2.38. The second-order valence-electron chi connectivity index (χ2n) is 7.71. The second-order valence-corrected chi connectivity index (χ2v) is 8.62. The molecule has 2 aliphatic heterocycles. The molecule has 4 rings (SSSR count). The highest BCUT2D eigenvalue weighted by atomic mass is 79.9. The lowest BCUT2D eigenvalue weighted by atomic mass is 9.95. The lowest BCUT2D eigenvalue weighted by Gasteiger charge is -2.31. The number of hydrogen-bond donors (Lipinski definition) is 1. The maximum Gasteiger partial charge on any atom is 0.253 e. The van der Waals surface area contributed by atoms with Crippen LogP contribution in [0.25, 0.3) is 0 Å². The number of anilines is 2. The molecule has 0 unspecified atom stereocenters. The fourth-order valence-corrected chi connectivity index (χ4v) is 4.21. The third-order valence-electron chi connectivity index (χ3n) is 5.76. The summed E-state index contributed by atoms with van der Waals surface area (Å²) >= 11 is 3.39. The molecule has 1 N–H and O–H groups in total. The van der Waals surface area contributed by atoms with Crippen LogP contribution in [0.5, 0.6) is 0 Å². The second kappa shape index (κ2) is 9.62. The summed E-state index contributed by atoms with van der Waals surface area (Å²) in [5.74, 6) is -0.0113. The quantitative estimate of drug-likeness (QED) is 0.736. The molecule has 2 aliphatic rings. The molecule has 0 aliphatic carbocycles. The highest BCUT2D eigenvalue weighted by Crippen LogP contribution is 2.23. The Morgan fingerprint density at radius 3 is 2.17 bits per heavy atom. The number of nitrogens with one attached hydrogen (secondary N) is 1. The van der Waals surface area contributed by atoms with Crippen molar-refractivity contribution >= 4 is 39.1 Å². The van der Waals surface area contributed by atoms with Crippen molar-refractivity contribution in [3.8, 4) is 0 Å². The number of morpholine rings is 1. The molecule has 30 heavy (non-hydrogen) atoms. The van der Waals surface area contributed by atoms with Crippen LogP contribution in [-0.4, -0.2) is 56.1 Å². The maximum absolute atomic E-state index is 12.7. The van der Waals surface area contributed by atoms with Crippen molar-refractivity contribution in [2.45, 2.75) is 12.8 Å². The molecule has 7 heteroatoms. The highest BCUT2D eigenvalue weighted by Gasteiger charge is 2.28. The van der Waals surface area contributed by atoms with Crippen molar-refractivity contribution < 1.29 is 14.3 Å². The van der Waals surface area contributed by atoms with Crippen molar-refractivity contribution in [3.63, 3.8) is 0 Å². The molecular weight excluding hydrogens is 446 g/mol. The molecule has 6 nitrogen and oxygen atoms in total. The molecular formula is C23H26BrN3O3. The van der Waals surface area contributed by atoms with Crippen molar-refractivity contribution in [2.24, 2.45) is 5.92 Å². The first kappa shape index (κ1) is 20.9. The summed E-state index contributed by atoms with van der Waals surface area (Å²) in [6, 6.07) is 15.4. The van der Waals surface area contributed by atoms with Crippen molar-refractivity contribution in [3.05, 3.63) is 58.6 Å². The van der Waals surface area contributed by atoms with Crippen LogP contribution in [0.3, 0.4) is 0 Å². The van der Waals surface area contributed by atoms with Gasteiger partial charge in [-0.25, -0.2) is 0 Å². The number of amides is 2. The van der Waals surface area contributed by atoms with Gasteiger partial charge in [0.05, 0.1) is 13.2 Å². The predicted molar refractivity (Wildman–Crippen MR) is 121 cm³/mol. The van der Waals surface area contributed by atoms with Crippen LogP contribution in [0.1, 0.15) is 23.2 Å². The average Bonchev–Trinajstić information content (AvgIpc) is 2.80. The molecule has 2 saturated heterocycles. The van der Waals surface area contributed by atoms with E-state index in [9.17, 15) is 9.59 Å². The number of benzene rings is 2. The summed E-state index contributed by atoms with van der Waals surface area (Å²) in [6.45, 7) is 4.49. The summed E-state index contributed by atoms with van der Waals surface area (Å²) in [7, 11) is 0. The smallest absolute Gasteiger partial charge is 0.253 e. The fraction of sp³-hybridized carbons (Fsp3) is 0.391. The third kappa shape index (κ3) is 5.02. The number of rotatable bonds is 4. The average molecular weight is 472 g/mol. The molecule has 2 fully saturated rings. The van der Waals surface area contributed by atoms with Crippen molar-refractivity contribution in [2.75, 3.05) is 49.6 Å². The summed E-state index contributed by atoms with van der Waals surface area (Å²) in [5, 5.41) is 3.03. The van der Waals surface area contributed by atoms with E-state index in [-0.39, 0.29) is 17.7 Å². The zero-order chi connectivity index (χ0) is 20.9. The monoisotopic (exact) mass is 471 g/mol. The van der Waals surface area contributed by atoms with E-state index < -0.39 is 0 Å². The Kier molecular flexibility index (Phi) is 6.69. The largest absolute Gasteiger partial charge is 0.378 e. The molecule has 2 heterocycles. The Bertz CT molecular complexity index is 872. The first-order valence-corrected chi connectivity index (χ1v) is 11.2. The van der Waals surface area contributed by atoms with Crippen LogP contribution in [0, 0.1) is 5.92 Å². The molecule has 0 aromatic heterocycles. The number of nitrogens with zero attached hydrogens (tertiary/aromatic N) is 2.